The molecule has 1 spiro atoms. The molecular weight excluding hydrogens is 372 g/mol. The molecule has 2 aliphatic heterocycles. The summed E-state index contributed by atoms with van der Waals surface area (Å²) in [5.41, 5.74) is -0.494. The van der Waals surface area contributed by atoms with E-state index in [2.05, 4.69) is 5.32 Å². The van der Waals surface area contributed by atoms with Crippen LogP contribution in [0.25, 0.3) is 11.0 Å². The summed E-state index contributed by atoms with van der Waals surface area (Å²) in [7, 11) is 1.51. The maximum Gasteiger partial charge on any atom is 0.289 e. The van der Waals surface area contributed by atoms with E-state index in [-0.39, 0.29) is 24.1 Å². The number of nitrogens with zero attached hydrogens (tertiary/aromatic N) is 1. The molecule has 2 N–H and O–H groups in total. The molecule has 7 nitrogen and oxygen atoms in total. The highest BCUT2D eigenvalue weighted by molar-refractivity contribution is 6.31. The summed E-state index contributed by atoms with van der Waals surface area (Å²) in [6.07, 6.45) is 0.948. The van der Waals surface area contributed by atoms with Gasteiger partial charge in [-0.15, -0.1) is 0 Å². The number of ether oxygens (including phenoxy) is 1. The van der Waals surface area contributed by atoms with Gasteiger partial charge in [0.2, 0.25) is 5.91 Å². The minimum atomic E-state index is -0.945. The molecule has 2 fully saturated rings. The van der Waals surface area contributed by atoms with Gasteiger partial charge < -0.3 is 24.5 Å². The molecule has 2 atom stereocenters. The highest BCUT2D eigenvalue weighted by Crippen LogP contribution is 2.38. The Labute approximate surface area is 161 Å². The van der Waals surface area contributed by atoms with Crippen LogP contribution in [0.5, 0.6) is 5.75 Å². The Morgan fingerprint density at radius 3 is 3.00 bits per heavy atom. The van der Waals surface area contributed by atoms with Crippen molar-refractivity contribution >= 4 is 34.4 Å². The fraction of sp³-hybridized carbons (Fsp3) is 0.474. The molecule has 27 heavy (non-hydrogen) atoms. The molecule has 1 aromatic heterocycles. The average Bonchev–Trinajstić information content (AvgIpc) is 3.08. The van der Waals surface area contributed by atoms with Crippen LogP contribution in [0, 0.1) is 5.41 Å². The number of piperidine rings is 2. The lowest BCUT2D eigenvalue weighted by molar-refractivity contribution is -0.147. The molecule has 0 radical (unpaired) electrons. The van der Waals surface area contributed by atoms with Crippen molar-refractivity contribution in [1.82, 2.24) is 10.2 Å². The van der Waals surface area contributed by atoms with Crippen LogP contribution in [0.15, 0.2) is 22.6 Å². The topological polar surface area (TPSA) is 92.0 Å². The molecule has 2 saturated heterocycles. The number of furan rings is 1. The lowest BCUT2D eigenvalue weighted by Crippen LogP contribution is -2.62. The van der Waals surface area contributed by atoms with E-state index in [0.29, 0.717) is 47.7 Å². The van der Waals surface area contributed by atoms with Crippen LogP contribution in [-0.2, 0) is 4.79 Å². The summed E-state index contributed by atoms with van der Waals surface area (Å²) in [5, 5.41) is 14.5. The van der Waals surface area contributed by atoms with Crippen LogP contribution in [-0.4, -0.2) is 54.7 Å². The molecule has 8 heteroatoms. The number of halogens is 1. The Morgan fingerprint density at radius 1 is 1.44 bits per heavy atom. The smallest absolute Gasteiger partial charge is 0.289 e. The number of benzene rings is 1. The Balaban J connectivity index is 1.65. The molecule has 1 aromatic carbocycles. The largest absolute Gasteiger partial charge is 0.493 e. The van der Waals surface area contributed by atoms with E-state index in [9.17, 15) is 14.7 Å². The van der Waals surface area contributed by atoms with Crippen molar-refractivity contribution in [3.63, 3.8) is 0 Å². The number of carbonyl (C=O) groups is 2. The molecular formula is C19H21ClN2O5. The fourth-order valence-corrected chi connectivity index (χ4v) is 4.33. The first-order chi connectivity index (χ1) is 12.9. The third-order valence-electron chi connectivity index (χ3n) is 5.59. The van der Waals surface area contributed by atoms with Crippen LogP contribution in [0.2, 0.25) is 5.02 Å². The standard InChI is InChI=1S/C19H21ClN2O5/c1-26-13-9-12(20)7-11-8-14(27-16(11)13)17(24)22-6-3-15(23)19(10-22)4-2-5-21-18(19)25/h7-9,15,23H,2-6,10H2,1H3,(H,21,25)/t15-,19+/m0/s1. The summed E-state index contributed by atoms with van der Waals surface area (Å²) in [6.45, 7) is 1.14. The summed E-state index contributed by atoms with van der Waals surface area (Å²) < 4.78 is 11.0. The SMILES string of the molecule is COc1cc(Cl)cc2cc(C(=O)N3CC[C@H](O)[C@@]4(CCCNC4=O)C3)oc12. The summed E-state index contributed by atoms with van der Waals surface area (Å²) >= 11 is 6.08. The van der Waals surface area contributed by atoms with Gasteiger partial charge in [0.05, 0.1) is 18.6 Å². The van der Waals surface area contributed by atoms with E-state index in [0.717, 1.165) is 6.42 Å². The zero-order valence-corrected chi connectivity index (χ0v) is 15.7. The predicted octanol–water partition coefficient (Wildman–Crippen LogP) is 2.20. The molecule has 2 aromatic rings. The Kier molecular flexibility index (Phi) is 4.52. The molecule has 2 amide bonds. The highest BCUT2D eigenvalue weighted by Gasteiger charge is 2.50. The fourth-order valence-electron chi connectivity index (χ4n) is 4.12. The Hall–Kier alpha value is -2.25. The third kappa shape index (κ3) is 2.95. The van der Waals surface area contributed by atoms with Gasteiger partial charge in [0.1, 0.15) is 0 Å². The highest BCUT2D eigenvalue weighted by atomic mass is 35.5. The summed E-state index contributed by atoms with van der Waals surface area (Å²) in [6, 6.07) is 4.96. The van der Waals surface area contributed by atoms with Crippen LogP contribution in [0.4, 0.5) is 0 Å². The summed E-state index contributed by atoms with van der Waals surface area (Å²) in [4.78, 5) is 27.1. The maximum atomic E-state index is 13.0. The van der Waals surface area contributed by atoms with Gasteiger partial charge >= 0.3 is 0 Å². The molecule has 0 unspecified atom stereocenters. The Bertz CT molecular complexity index is 911. The third-order valence-corrected chi connectivity index (χ3v) is 5.80. The summed E-state index contributed by atoms with van der Waals surface area (Å²) in [5.74, 6) is 0.118. The van der Waals surface area contributed by atoms with Crippen LogP contribution in [0.3, 0.4) is 0 Å². The number of carbonyl (C=O) groups excluding carboxylic acids is 2. The molecule has 0 saturated carbocycles. The molecule has 144 valence electrons. The second-order valence-corrected chi connectivity index (χ2v) is 7.62. The minimum Gasteiger partial charge on any atom is -0.493 e. The van der Waals surface area contributed by atoms with Crippen molar-refractivity contribution in [1.29, 1.82) is 0 Å². The van der Waals surface area contributed by atoms with E-state index < -0.39 is 11.5 Å². The van der Waals surface area contributed by atoms with Gasteiger partial charge in [-0.3, -0.25) is 9.59 Å². The van der Waals surface area contributed by atoms with E-state index in [1.807, 2.05) is 0 Å². The predicted molar refractivity (Wildman–Crippen MR) is 99.0 cm³/mol. The normalized spacial score (nSPS) is 25.7. The quantitative estimate of drug-likeness (QED) is 0.817. The van der Waals surface area contributed by atoms with E-state index in [4.69, 9.17) is 20.8 Å². The Morgan fingerprint density at radius 2 is 2.26 bits per heavy atom. The number of aliphatic hydroxyl groups is 1. The van der Waals surface area contributed by atoms with E-state index >= 15 is 0 Å². The van der Waals surface area contributed by atoms with Gasteiger partial charge in [-0.05, 0) is 31.4 Å². The second-order valence-electron chi connectivity index (χ2n) is 7.18. The zero-order chi connectivity index (χ0) is 19.2. The molecule has 2 aliphatic rings. The van der Waals surface area contributed by atoms with Crippen molar-refractivity contribution in [3.05, 3.63) is 29.0 Å². The molecule has 0 bridgehead atoms. The average molecular weight is 393 g/mol. The number of fused-ring (bicyclic) bond motifs is 1. The van der Waals surface area contributed by atoms with Crippen molar-refractivity contribution in [2.45, 2.75) is 25.4 Å². The molecule has 3 heterocycles. The van der Waals surface area contributed by atoms with Gasteiger partial charge in [0.15, 0.2) is 17.1 Å². The molecule has 0 aliphatic carbocycles. The van der Waals surface area contributed by atoms with Gasteiger partial charge in [-0.1, -0.05) is 11.6 Å². The number of aliphatic hydroxyl groups excluding tert-OH is 1. The second kappa shape index (κ2) is 6.73. The van der Waals surface area contributed by atoms with Crippen molar-refractivity contribution in [3.8, 4) is 5.75 Å². The van der Waals surface area contributed by atoms with Gasteiger partial charge in [0.25, 0.3) is 5.91 Å². The lowest BCUT2D eigenvalue weighted by atomic mass is 9.71. The van der Waals surface area contributed by atoms with E-state index in [1.165, 1.54) is 7.11 Å². The molecule has 4 rings (SSSR count). The van der Waals surface area contributed by atoms with Crippen LogP contribution < -0.4 is 10.1 Å². The van der Waals surface area contributed by atoms with Crippen molar-refractivity contribution < 1.29 is 23.8 Å². The minimum absolute atomic E-state index is 0.160. The van der Waals surface area contributed by atoms with Gasteiger partial charge in [-0.25, -0.2) is 0 Å². The van der Waals surface area contributed by atoms with E-state index in [1.54, 1.807) is 23.1 Å². The van der Waals surface area contributed by atoms with Crippen molar-refractivity contribution in [2.75, 3.05) is 26.7 Å². The first kappa shape index (κ1) is 18.1. The maximum absolute atomic E-state index is 13.0. The monoisotopic (exact) mass is 392 g/mol. The number of methoxy groups -OCH3 is 1. The number of hydrogen-bond donors (Lipinski definition) is 2. The number of nitrogens with one attached hydrogen (secondary N) is 1. The van der Waals surface area contributed by atoms with Crippen molar-refractivity contribution in [2.24, 2.45) is 5.41 Å². The van der Waals surface area contributed by atoms with Crippen LogP contribution in [0.1, 0.15) is 29.8 Å². The van der Waals surface area contributed by atoms with Gasteiger partial charge in [-0.2, -0.15) is 0 Å². The van der Waals surface area contributed by atoms with Gasteiger partial charge in [0, 0.05) is 36.1 Å². The first-order valence-electron chi connectivity index (χ1n) is 8.97. The number of amides is 2. The first-order valence-corrected chi connectivity index (χ1v) is 9.35. The zero-order valence-electron chi connectivity index (χ0n) is 15.0. The lowest BCUT2D eigenvalue weighted by Gasteiger charge is -2.46. The number of likely N-dealkylation sites (tertiary alicyclic amines) is 1. The number of hydrogen-bond acceptors (Lipinski definition) is 5. The van der Waals surface area contributed by atoms with Crippen LogP contribution >= 0.6 is 11.6 Å². The number of rotatable bonds is 2.